The monoisotopic (exact) mass is 1240 g/mol. The molecule has 7 nitrogen and oxygen atoms in total. The summed E-state index contributed by atoms with van der Waals surface area (Å²) in [6.07, 6.45) is 3.35. The molecule has 2 aliphatic heterocycles. The predicted molar refractivity (Wildman–Crippen MR) is 361 cm³/mol. The Morgan fingerprint density at radius 2 is 0.448 bits per heavy atom. The van der Waals surface area contributed by atoms with Crippen molar-refractivity contribution in [3.63, 3.8) is 0 Å². The van der Waals surface area contributed by atoms with Crippen LogP contribution in [0.4, 0.5) is 0 Å². The third kappa shape index (κ3) is 13.9. The van der Waals surface area contributed by atoms with E-state index >= 15 is 0 Å². The van der Waals surface area contributed by atoms with Gasteiger partial charge in [-0.25, -0.2) is 0 Å². The van der Waals surface area contributed by atoms with Crippen LogP contribution in [0.25, 0.3) is 0 Å². The van der Waals surface area contributed by atoms with E-state index in [2.05, 4.69) is 226 Å². The molecule has 2 heterocycles. The van der Waals surface area contributed by atoms with E-state index in [0.717, 1.165) is 123 Å². The van der Waals surface area contributed by atoms with Gasteiger partial charge in [-0.05, 0) is 0 Å². The number of hydrogen-bond donors (Lipinski definition) is 0. The van der Waals surface area contributed by atoms with Crippen LogP contribution in [0.1, 0.15) is 236 Å². The van der Waals surface area contributed by atoms with Crippen LogP contribution in [0.2, 0.25) is 0 Å². The van der Waals surface area contributed by atoms with Gasteiger partial charge in [-0.2, -0.15) is 0 Å². The average molecular weight is 1240 g/mol. The Kier molecular flexibility index (Phi) is 18.1. The van der Waals surface area contributed by atoms with E-state index in [-0.39, 0.29) is 45.7 Å². The molecule has 0 aromatic heterocycles. The van der Waals surface area contributed by atoms with Gasteiger partial charge in [0.05, 0.1) is 0 Å². The van der Waals surface area contributed by atoms with Crippen LogP contribution in [-0.4, -0.2) is 51.6 Å². The van der Waals surface area contributed by atoms with Gasteiger partial charge >= 0.3 is 534 Å². The first kappa shape index (κ1) is 65.1. The second-order valence-corrected chi connectivity index (χ2v) is 31.8. The third-order valence-corrected chi connectivity index (χ3v) is 19.1. The van der Waals surface area contributed by atoms with Crippen molar-refractivity contribution in [1.29, 1.82) is 0 Å². The number of methoxy groups -OCH3 is 5. The molecule has 0 atom stereocenters. The Labute approximate surface area is 531 Å². The molecule has 7 aromatic carbocycles. The van der Waals surface area contributed by atoms with Crippen molar-refractivity contribution in [3.05, 3.63) is 196 Å². The minimum absolute atomic E-state index is 0.193. The molecule has 2 aliphatic rings. The fraction of sp³-hybridized carbons (Fsp3) is 0.468. The summed E-state index contributed by atoms with van der Waals surface area (Å²) < 4.78 is 49.3. The Hall–Kier alpha value is -6.34. The molecule has 1 radical (unpaired) electrons. The molecular weight excluding hydrogens is 1140 g/mol. The van der Waals surface area contributed by atoms with Crippen LogP contribution in [-0.2, 0) is 84.2 Å². The zero-order valence-corrected chi connectivity index (χ0v) is 58.7. The van der Waals surface area contributed by atoms with E-state index in [4.69, 9.17) is 33.2 Å². The van der Waals surface area contributed by atoms with Gasteiger partial charge in [0.2, 0.25) is 0 Å². The molecule has 0 saturated heterocycles. The first-order valence-electron chi connectivity index (χ1n) is 31.3. The molecule has 0 spiro atoms. The van der Waals surface area contributed by atoms with Crippen LogP contribution in [0.15, 0.2) is 84.9 Å². The van der Waals surface area contributed by atoms with Crippen LogP contribution in [0.5, 0.6) is 40.2 Å². The topological polar surface area (TPSA) is 64.6 Å². The number of rotatable bonds is 5. The van der Waals surface area contributed by atoms with Crippen LogP contribution >= 0.6 is 0 Å². The minimum atomic E-state index is -0.221. The van der Waals surface area contributed by atoms with E-state index in [1.807, 2.05) is 28.4 Å². The van der Waals surface area contributed by atoms with Gasteiger partial charge in [0.25, 0.3) is 0 Å². The van der Waals surface area contributed by atoms with Crippen molar-refractivity contribution in [1.82, 2.24) is 0 Å². The molecule has 0 aliphatic carbocycles. The normalized spacial score (nSPS) is 14.2. The van der Waals surface area contributed by atoms with Gasteiger partial charge in [0.1, 0.15) is 0 Å². The van der Waals surface area contributed by atoms with Crippen molar-refractivity contribution in [2.75, 3.05) is 35.5 Å². The summed E-state index contributed by atoms with van der Waals surface area (Å²) in [6.45, 7) is 42.1. The quantitative estimate of drug-likeness (QED) is 0.159. The molecule has 9 rings (SSSR count). The van der Waals surface area contributed by atoms with E-state index in [9.17, 15) is 0 Å². The number of benzene rings is 7. The maximum absolute atomic E-state index is 7.58. The summed E-state index contributed by atoms with van der Waals surface area (Å²) in [5.41, 5.74) is 21.2. The van der Waals surface area contributed by atoms with E-state index in [1.54, 1.807) is 7.11 Å². The molecule has 12 bridgehead atoms. The number of ether oxygens (including phenoxy) is 7. The van der Waals surface area contributed by atoms with Crippen molar-refractivity contribution in [2.24, 2.45) is 0 Å². The Balaban J connectivity index is 1.52. The Morgan fingerprint density at radius 1 is 0.264 bits per heavy atom. The van der Waals surface area contributed by atoms with Gasteiger partial charge in [0.15, 0.2) is 0 Å². The molecule has 463 valence electrons. The molecule has 8 heteroatoms. The summed E-state index contributed by atoms with van der Waals surface area (Å²) in [6, 6.07) is 32.8. The Bertz CT molecular complexity index is 3310. The average Bonchev–Trinajstić information content (AvgIpc) is 1.21. The van der Waals surface area contributed by atoms with Gasteiger partial charge in [-0.15, -0.1) is 0 Å². The van der Waals surface area contributed by atoms with Gasteiger partial charge in [-0.1, -0.05) is 0 Å². The fourth-order valence-electron chi connectivity index (χ4n) is 12.7. The van der Waals surface area contributed by atoms with Crippen molar-refractivity contribution >= 4 is 20.5 Å². The van der Waals surface area contributed by atoms with Crippen molar-refractivity contribution in [3.8, 4) is 40.2 Å². The molecule has 0 fully saturated rings. The summed E-state index contributed by atoms with van der Waals surface area (Å²) >= 11 is 3.52. The van der Waals surface area contributed by atoms with E-state index in [0.29, 0.717) is 38.5 Å². The van der Waals surface area contributed by atoms with Gasteiger partial charge in [0, 0.05) is 0 Å². The van der Waals surface area contributed by atoms with Crippen molar-refractivity contribution < 1.29 is 33.2 Å². The van der Waals surface area contributed by atoms with Crippen LogP contribution < -0.4 is 37.6 Å². The standard InChI is InChI=1S/C79H99O7Se/c1-74(2,3)60-30-46-24-47-31-61(75(4,5)6)35-51(68(47)82-21)27-56-40-65(79(16,17)18)41-57-29-53-37-63(77(10,11)12)33-49(70(53)84-23)25-48-32-62(76(7,8)9)36-52(69(48)83-22)28-55-39-64(78(13,14)15)38-54(26-50(34-60)67(46)81-20)71(55)85-44-58-42-66(80-19)43-59(73(58)87)45-86-72(56)57/h30-43H,24-29,44-45H2,1-23H3. The Morgan fingerprint density at radius 3 is 0.621 bits per heavy atom. The molecule has 0 amide bonds. The summed E-state index contributed by atoms with van der Waals surface area (Å²) in [7, 11) is 9.06. The van der Waals surface area contributed by atoms with E-state index in [1.165, 1.54) is 33.4 Å². The summed E-state index contributed by atoms with van der Waals surface area (Å²) in [5.74, 6) is 5.86. The first-order valence-corrected chi connectivity index (χ1v) is 32.1. The zero-order valence-electron chi connectivity index (χ0n) is 57.0. The summed E-state index contributed by atoms with van der Waals surface area (Å²) in [5, 5.41) is 0. The van der Waals surface area contributed by atoms with E-state index < -0.39 is 0 Å². The second kappa shape index (κ2) is 24.2. The number of fused-ring (bicyclic) bond motifs is 10. The van der Waals surface area contributed by atoms with Crippen LogP contribution in [0, 0.1) is 0 Å². The fourth-order valence-corrected chi connectivity index (χ4v) is 13.2. The molecular formula is C79H99O7Se. The van der Waals surface area contributed by atoms with Crippen LogP contribution in [0.3, 0.4) is 0 Å². The molecule has 87 heavy (non-hydrogen) atoms. The third-order valence-electron chi connectivity index (χ3n) is 18.0. The molecule has 0 unspecified atom stereocenters. The molecule has 7 aromatic rings. The molecule has 0 N–H and O–H groups in total. The second-order valence-electron chi connectivity index (χ2n) is 31.0. The van der Waals surface area contributed by atoms with Crippen molar-refractivity contribution in [2.45, 2.75) is 209 Å². The maximum atomic E-state index is 7.58. The van der Waals surface area contributed by atoms with Gasteiger partial charge < -0.3 is 0 Å². The zero-order chi connectivity index (χ0) is 63.7. The number of hydrogen-bond acceptors (Lipinski definition) is 7. The SMILES string of the molecule is COc1cc2c([Se])c(c1)COc1c3cc(C(C)(C)C)cc1Cc1cc(C(C)(C)C)cc(c1OC)Cc1cc(C(C)(C)C)cc(c1OC)Cc1cc(C(C)(C)C)cc(c1OC2)Cc1cc(C(C)(C)C)cc(c1OC)Cc1cc(C(C)(C)C)cc(c1OC)C3. The molecule has 0 saturated carbocycles. The predicted octanol–water partition coefficient (Wildman–Crippen LogP) is 17.6. The van der Waals surface area contributed by atoms with Gasteiger partial charge in [-0.3, -0.25) is 0 Å². The first-order chi connectivity index (χ1) is 40.5. The summed E-state index contributed by atoms with van der Waals surface area (Å²) in [4.78, 5) is 0.